The number of carbonyl (C=O) groups is 1. The standard InChI is InChI=1S/C29H34N10O2/c1-37(2)25(40)18-39-13-11-24(36-39)33-29-32-17-21-9-10-23-26(27(21)34-29)28(38(3)35-23)20-7-5-19(6-8-20)22(15-30)16-31-12-14-41-4/h5-8,11,13,15-17H,9-10,12,14,18,30H2,1-4H3,(H,32,33,34,36). The third-order valence-electron chi connectivity index (χ3n) is 6.85. The van der Waals surface area contributed by atoms with Gasteiger partial charge in [-0.1, -0.05) is 24.3 Å². The Kier molecular flexibility index (Phi) is 8.20. The molecule has 12 heteroatoms. The van der Waals surface area contributed by atoms with Crippen molar-refractivity contribution in [3.63, 3.8) is 0 Å². The molecule has 4 aromatic rings. The molecule has 0 unspecified atom stereocenters. The molecule has 0 saturated heterocycles. The molecule has 1 aliphatic carbocycles. The molecule has 3 aromatic heterocycles. The van der Waals surface area contributed by atoms with Crippen LogP contribution in [0.5, 0.6) is 0 Å². The van der Waals surface area contributed by atoms with E-state index in [0.29, 0.717) is 24.9 Å². The number of hydrogen-bond donors (Lipinski definition) is 2. The van der Waals surface area contributed by atoms with Crippen LogP contribution in [0.15, 0.2) is 53.9 Å². The molecule has 3 heterocycles. The van der Waals surface area contributed by atoms with Gasteiger partial charge in [-0.05, 0) is 24.0 Å². The zero-order chi connectivity index (χ0) is 28.9. The number of nitrogens with zero attached hydrogens (tertiary/aromatic N) is 8. The summed E-state index contributed by atoms with van der Waals surface area (Å²) in [6, 6.07) is 9.99. The van der Waals surface area contributed by atoms with Gasteiger partial charge in [-0.15, -0.1) is 0 Å². The first-order valence-corrected chi connectivity index (χ1v) is 13.3. The van der Waals surface area contributed by atoms with E-state index in [1.54, 1.807) is 50.6 Å². The molecule has 1 aliphatic rings. The molecule has 0 spiro atoms. The molecule has 0 saturated carbocycles. The second-order valence-electron chi connectivity index (χ2n) is 9.90. The second kappa shape index (κ2) is 12.1. The summed E-state index contributed by atoms with van der Waals surface area (Å²) in [5, 5.41) is 12.5. The van der Waals surface area contributed by atoms with E-state index >= 15 is 0 Å². The molecular formula is C29H34N10O2. The Hall–Kier alpha value is -4.84. The minimum atomic E-state index is -0.0418. The smallest absolute Gasteiger partial charge is 0.243 e. The molecule has 0 atom stereocenters. The van der Waals surface area contributed by atoms with Crippen LogP contribution >= 0.6 is 0 Å². The number of anilines is 2. The van der Waals surface area contributed by atoms with Gasteiger partial charge in [0, 0.05) is 75.8 Å². The summed E-state index contributed by atoms with van der Waals surface area (Å²) in [5.41, 5.74) is 13.6. The molecule has 1 amide bonds. The summed E-state index contributed by atoms with van der Waals surface area (Å²) in [7, 11) is 7.04. The van der Waals surface area contributed by atoms with E-state index < -0.39 is 0 Å². The molecule has 1 aromatic carbocycles. The highest BCUT2D eigenvalue weighted by Crippen LogP contribution is 2.39. The summed E-state index contributed by atoms with van der Waals surface area (Å²) >= 11 is 0. The van der Waals surface area contributed by atoms with E-state index in [-0.39, 0.29) is 12.5 Å². The maximum Gasteiger partial charge on any atom is 0.243 e. The lowest BCUT2D eigenvalue weighted by Crippen LogP contribution is -2.26. The number of benzene rings is 1. The summed E-state index contributed by atoms with van der Waals surface area (Å²) in [6.07, 6.45) is 8.56. The highest BCUT2D eigenvalue weighted by molar-refractivity contribution is 6.09. The van der Waals surface area contributed by atoms with Crippen molar-refractivity contribution < 1.29 is 9.53 Å². The lowest BCUT2D eigenvalue weighted by molar-refractivity contribution is -0.129. The number of likely N-dealkylation sites (N-methyl/N-ethyl adjacent to an activating group) is 1. The molecule has 12 nitrogen and oxygen atoms in total. The Morgan fingerprint density at radius 3 is 2.73 bits per heavy atom. The lowest BCUT2D eigenvalue weighted by atomic mass is 9.91. The summed E-state index contributed by atoms with van der Waals surface area (Å²) in [5.74, 6) is 0.945. The quantitative estimate of drug-likeness (QED) is 0.225. The number of ether oxygens (including phenoxy) is 1. The number of carbonyl (C=O) groups excluding carboxylic acids is 1. The zero-order valence-electron chi connectivity index (χ0n) is 23.7. The zero-order valence-corrected chi connectivity index (χ0v) is 23.7. The summed E-state index contributed by atoms with van der Waals surface area (Å²) in [6.45, 7) is 1.29. The average molecular weight is 555 g/mol. The van der Waals surface area contributed by atoms with Crippen molar-refractivity contribution in [2.45, 2.75) is 19.4 Å². The fraction of sp³-hybridized carbons (Fsp3) is 0.310. The van der Waals surface area contributed by atoms with Gasteiger partial charge in [0.05, 0.1) is 30.2 Å². The molecule has 0 radical (unpaired) electrons. The molecule has 0 fully saturated rings. The van der Waals surface area contributed by atoms with Crippen molar-refractivity contribution in [2.75, 3.05) is 39.7 Å². The molecule has 0 aliphatic heterocycles. The number of allylic oxidation sites excluding steroid dienone is 1. The summed E-state index contributed by atoms with van der Waals surface area (Å²) < 4.78 is 8.56. The first-order chi connectivity index (χ1) is 19.9. The Bertz CT molecular complexity index is 1600. The van der Waals surface area contributed by atoms with Gasteiger partial charge in [0.25, 0.3) is 0 Å². The van der Waals surface area contributed by atoms with E-state index in [9.17, 15) is 4.79 Å². The number of amides is 1. The van der Waals surface area contributed by atoms with Crippen LogP contribution in [-0.4, -0.2) is 80.9 Å². The fourth-order valence-corrected chi connectivity index (χ4v) is 4.71. The maximum absolute atomic E-state index is 12.0. The van der Waals surface area contributed by atoms with Gasteiger partial charge in [-0.3, -0.25) is 19.2 Å². The highest BCUT2D eigenvalue weighted by Gasteiger charge is 2.27. The van der Waals surface area contributed by atoms with E-state index in [1.807, 2.05) is 30.1 Å². The van der Waals surface area contributed by atoms with Gasteiger partial charge in [0.1, 0.15) is 6.54 Å². The molecule has 41 heavy (non-hydrogen) atoms. The largest absolute Gasteiger partial charge is 0.404 e. The number of rotatable bonds is 10. The van der Waals surface area contributed by atoms with Crippen LogP contribution in [0.1, 0.15) is 16.8 Å². The number of nitrogens with one attached hydrogen (secondary N) is 1. The van der Waals surface area contributed by atoms with Crippen LogP contribution in [0.3, 0.4) is 0 Å². The van der Waals surface area contributed by atoms with E-state index in [1.165, 1.54) is 4.90 Å². The van der Waals surface area contributed by atoms with Crippen molar-refractivity contribution in [1.82, 2.24) is 34.4 Å². The first kappa shape index (κ1) is 27.7. The number of aromatic nitrogens is 6. The van der Waals surface area contributed by atoms with E-state index in [2.05, 4.69) is 32.5 Å². The van der Waals surface area contributed by atoms with Crippen LogP contribution in [0, 0.1) is 0 Å². The number of aryl methyl sites for hydroxylation is 3. The predicted molar refractivity (Wildman–Crippen MR) is 159 cm³/mol. The van der Waals surface area contributed by atoms with Gasteiger partial charge in [-0.25, -0.2) is 9.97 Å². The van der Waals surface area contributed by atoms with Crippen LogP contribution in [0.4, 0.5) is 11.8 Å². The minimum absolute atomic E-state index is 0.0418. The SMILES string of the molecule is COCCN=CC(=CN)c1ccc(-c2c3c(nn2C)CCc2cnc(Nc4ccn(CC(=O)N(C)C)n4)nc2-3)cc1. The number of hydrogen-bond acceptors (Lipinski definition) is 9. The summed E-state index contributed by atoms with van der Waals surface area (Å²) in [4.78, 5) is 27.4. The van der Waals surface area contributed by atoms with E-state index in [0.717, 1.165) is 57.8 Å². The normalized spacial score (nSPS) is 12.8. The van der Waals surface area contributed by atoms with Crippen molar-refractivity contribution in [1.29, 1.82) is 0 Å². The Labute approximate surface area is 238 Å². The molecular weight excluding hydrogens is 520 g/mol. The maximum atomic E-state index is 12.0. The number of nitrogens with two attached hydrogens (primary N) is 1. The van der Waals surface area contributed by atoms with Gasteiger partial charge in [0.2, 0.25) is 11.9 Å². The highest BCUT2D eigenvalue weighted by atomic mass is 16.5. The van der Waals surface area contributed by atoms with Crippen molar-refractivity contribution in [3.05, 3.63) is 65.7 Å². The third kappa shape index (κ3) is 6.02. The predicted octanol–water partition coefficient (Wildman–Crippen LogP) is 2.69. The minimum Gasteiger partial charge on any atom is -0.404 e. The second-order valence-corrected chi connectivity index (χ2v) is 9.90. The number of fused-ring (bicyclic) bond motifs is 3. The molecule has 212 valence electrons. The molecule has 3 N–H and O–H groups in total. The van der Waals surface area contributed by atoms with Gasteiger partial charge in [-0.2, -0.15) is 10.2 Å². The first-order valence-electron chi connectivity index (χ1n) is 13.3. The lowest BCUT2D eigenvalue weighted by Gasteiger charge is -2.17. The molecule has 0 bridgehead atoms. The van der Waals surface area contributed by atoms with E-state index in [4.69, 9.17) is 20.6 Å². The number of aliphatic imine (C=N–C) groups is 1. The topological polar surface area (TPSA) is 141 Å². The van der Waals surface area contributed by atoms with Crippen LogP contribution in [0.2, 0.25) is 0 Å². The number of methoxy groups -OCH3 is 1. The van der Waals surface area contributed by atoms with Gasteiger partial charge < -0.3 is 20.7 Å². The van der Waals surface area contributed by atoms with Crippen molar-refractivity contribution in [3.8, 4) is 22.5 Å². The Morgan fingerprint density at radius 1 is 1.20 bits per heavy atom. The third-order valence-corrected chi connectivity index (χ3v) is 6.85. The monoisotopic (exact) mass is 554 g/mol. The fourth-order valence-electron chi connectivity index (χ4n) is 4.71. The van der Waals surface area contributed by atoms with Crippen molar-refractivity contribution in [2.24, 2.45) is 17.8 Å². The van der Waals surface area contributed by atoms with Crippen molar-refractivity contribution >= 4 is 29.5 Å². The van der Waals surface area contributed by atoms with Gasteiger partial charge >= 0.3 is 0 Å². The Morgan fingerprint density at radius 2 is 2.00 bits per heavy atom. The van der Waals surface area contributed by atoms with Crippen LogP contribution in [-0.2, 0) is 36.0 Å². The molecule has 5 rings (SSSR count). The van der Waals surface area contributed by atoms with Gasteiger partial charge in [0.15, 0.2) is 5.82 Å². The van der Waals surface area contributed by atoms with Crippen LogP contribution < -0.4 is 11.1 Å². The van der Waals surface area contributed by atoms with Crippen LogP contribution in [0.25, 0.3) is 28.1 Å². The Balaban J connectivity index is 1.42. The average Bonchev–Trinajstić information content (AvgIpc) is 3.56.